The lowest BCUT2D eigenvalue weighted by molar-refractivity contribution is -0.717. The average Bonchev–Trinajstić information content (AvgIpc) is 2.45. The first-order valence-electron chi connectivity index (χ1n) is 5.64. The summed E-state index contributed by atoms with van der Waals surface area (Å²) in [5.41, 5.74) is 1.18. The molecule has 0 radical (unpaired) electrons. The minimum atomic E-state index is -1.23. The van der Waals surface area contributed by atoms with E-state index in [4.69, 9.17) is 4.74 Å². The number of aromatic nitrogens is 1. The molecule has 19 heavy (non-hydrogen) atoms. The van der Waals surface area contributed by atoms with Crippen LogP contribution >= 0.6 is 11.8 Å². The van der Waals surface area contributed by atoms with E-state index < -0.39 is 5.23 Å². The molecule has 0 amide bonds. The Hall–Kier alpha value is -1.60. The SMILES string of the molecule is COc1ccc([NH+]([O-])[O-])c(SCc2ccccc2)n1. The second kappa shape index (κ2) is 6.53. The first-order chi connectivity index (χ1) is 9.20. The zero-order valence-electron chi connectivity index (χ0n) is 10.3. The molecular weight excluding hydrogens is 264 g/mol. The molecular formula is C13H13N2O3S-. The van der Waals surface area contributed by atoms with Gasteiger partial charge < -0.3 is 20.4 Å². The number of thioether (sulfide) groups is 1. The second-order valence-electron chi connectivity index (χ2n) is 3.77. The van der Waals surface area contributed by atoms with Crippen LogP contribution in [0.25, 0.3) is 0 Å². The van der Waals surface area contributed by atoms with Gasteiger partial charge in [-0.05, 0) is 5.56 Å². The molecule has 0 saturated heterocycles. The van der Waals surface area contributed by atoms with Gasteiger partial charge in [0.05, 0.1) is 7.11 Å². The topological polar surface area (TPSA) is 72.7 Å². The maximum absolute atomic E-state index is 11.0. The molecule has 0 saturated carbocycles. The fourth-order valence-corrected chi connectivity index (χ4v) is 2.49. The fourth-order valence-electron chi connectivity index (χ4n) is 1.53. The predicted molar refractivity (Wildman–Crippen MR) is 74.1 cm³/mol. The monoisotopic (exact) mass is 277 g/mol. The summed E-state index contributed by atoms with van der Waals surface area (Å²) in [5.74, 6) is 1.03. The lowest BCUT2D eigenvalue weighted by Gasteiger charge is -2.26. The van der Waals surface area contributed by atoms with Gasteiger partial charge in [0.15, 0.2) is 10.7 Å². The molecule has 0 aliphatic carbocycles. The Morgan fingerprint density at radius 3 is 2.53 bits per heavy atom. The molecule has 6 heteroatoms. The lowest BCUT2D eigenvalue weighted by Crippen LogP contribution is -2.96. The number of methoxy groups -OCH3 is 1. The van der Waals surface area contributed by atoms with E-state index in [2.05, 4.69) is 4.98 Å². The maximum atomic E-state index is 11.0. The molecule has 2 aromatic rings. The summed E-state index contributed by atoms with van der Waals surface area (Å²) in [4.78, 5) is 4.15. The molecule has 1 aromatic heterocycles. The number of pyridine rings is 1. The van der Waals surface area contributed by atoms with Gasteiger partial charge in [-0.15, -0.1) is 0 Å². The lowest BCUT2D eigenvalue weighted by atomic mass is 10.2. The average molecular weight is 277 g/mol. The molecule has 0 unspecified atom stereocenters. The molecule has 2 rings (SSSR count). The van der Waals surface area contributed by atoms with E-state index in [1.807, 2.05) is 30.3 Å². The molecule has 1 aromatic carbocycles. The van der Waals surface area contributed by atoms with Crippen LogP contribution in [-0.2, 0) is 5.75 Å². The second-order valence-corrected chi connectivity index (χ2v) is 4.73. The molecule has 0 bridgehead atoms. The maximum Gasteiger partial charge on any atom is 0.214 e. The third kappa shape index (κ3) is 3.68. The van der Waals surface area contributed by atoms with Crippen molar-refractivity contribution in [1.82, 2.24) is 4.98 Å². The van der Waals surface area contributed by atoms with E-state index in [1.54, 1.807) is 0 Å². The van der Waals surface area contributed by atoms with Crippen LogP contribution in [0.5, 0.6) is 5.88 Å². The summed E-state index contributed by atoms with van der Waals surface area (Å²) >= 11 is 1.35. The Labute approximate surface area is 115 Å². The highest BCUT2D eigenvalue weighted by Gasteiger charge is 2.10. The van der Waals surface area contributed by atoms with Gasteiger partial charge in [0.2, 0.25) is 5.88 Å². The van der Waals surface area contributed by atoms with Crippen molar-refractivity contribution < 1.29 is 9.96 Å². The van der Waals surface area contributed by atoms with Crippen molar-refractivity contribution in [3.8, 4) is 5.88 Å². The number of nitrogens with zero attached hydrogens (tertiary/aromatic N) is 1. The molecule has 0 aliphatic heterocycles. The minimum absolute atomic E-state index is 0.0849. The minimum Gasteiger partial charge on any atom is -0.628 e. The van der Waals surface area contributed by atoms with Crippen molar-refractivity contribution in [2.24, 2.45) is 0 Å². The van der Waals surface area contributed by atoms with Crippen molar-refractivity contribution in [3.05, 3.63) is 58.4 Å². The van der Waals surface area contributed by atoms with Gasteiger partial charge in [-0.1, -0.05) is 42.1 Å². The third-order valence-electron chi connectivity index (χ3n) is 2.48. The van der Waals surface area contributed by atoms with Gasteiger partial charge >= 0.3 is 0 Å². The van der Waals surface area contributed by atoms with Crippen LogP contribution in [0.4, 0.5) is 5.69 Å². The Balaban J connectivity index is 2.18. The summed E-state index contributed by atoms with van der Waals surface area (Å²) in [6.07, 6.45) is 0. The highest BCUT2D eigenvalue weighted by molar-refractivity contribution is 7.98. The predicted octanol–water partition coefficient (Wildman–Crippen LogP) is 1.89. The molecule has 0 aliphatic rings. The molecule has 1 N–H and O–H groups in total. The van der Waals surface area contributed by atoms with Crippen molar-refractivity contribution in [2.45, 2.75) is 10.8 Å². The molecule has 5 nitrogen and oxygen atoms in total. The van der Waals surface area contributed by atoms with Crippen LogP contribution in [-0.4, -0.2) is 12.1 Å². The Morgan fingerprint density at radius 2 is 1.89 bits per heavy atom. The fraction of sp³-hybridized carbons (Fsp3) is 0.154. The van der Waals surface area contributed by atoms with E-state index >= 15 is 0 Å². The van der Waals surface area contributed by atoms with Crippen LogP contribution < -0.4 is 9.96 Å². The summed E-state index contributed by atoms with van der Waals surface area (Å²) in [6.45, 7) is 0. The van der Waals surface area contributed by atoms with E-state index in [0.29, 0.717) is 16.7 Å². The Kier molecular flexibility index (Phi) is 4.75. The highest BCUT2D eigenvalue weighted by Crippen LogP contribution is 2.27. The number of hydrogen-bond acceptors (Lipinski definition) is 5. The smallest absolute Gasteiger partial charge is 0.214 e. The van der Waals surface area contributed by atoms with Gasteiger partial charge in [0.25, 0.3) is 0 Å². The van der Waals surface area contributed by atoms with Crippen molar-refractivity contribution in [2.75, 3.05) is 7.11 Å². The summed E-state index contributed by atoms with van der Waals surface area (Å²) < 4.78 is 5.00. The standard InChI is InChI=1S/C13H13N2O3S/c1-18-12-8-7-11(15(16)17)13(14-12)19-9-10-5-3-2-4-6-10/h2-8,15H,9H2,1H3/q-1. The molecule has 0 spiro atoms. The van der Waals surface area contributed by atoms with E-state index in [9.17, 15) is 10.4 Å². The summed E-state index contributed by atoms with van der Waals surface area (Å²) in [7, 11) is 1.49. The van der Waals surface area contributed by atoms with Crippen molar-refractivity contribution in [3.63, 3.8) is 0 Å². The van der Waals surface area contributed by atoms with Gasteiger partial charge in [-0.3, -0.25) is 0 Å². The van der Waals surface area contributed by atoms with Gasteiger partial charge in [-0.25, -0.2) is 4.98 Å². The first kappa shape index (κ1) is 13.8. The van der Waals surface area contributed by atoms with Gasteiger partial charge in [0, 0.05) is 17.9 Å². The van der Waals surface area contributed by atoms with E-state index in [-0.39, 0.29) is 5.69 Å². The number of rotatable bonds is 5. The quantitative estimate of drug-likeness (QED) is 0.667. The molecule has 100 valence electrons. The van der Waals surface area contributed by atoms with Crippen LogP contribution in [0.15, 0.2) is 47.5 Å². The largest absolute Gasteiger partial charge is 0.628 e. The number of ether oxygens (including phenoxy) is 1. The zero-order chi connectivity index (χ0) is 13.7. The van der Waals surface area contributed by atoms with Crippen LogP contribution in [0.2, 0.25) is 0 Å². The number of nitrogens with one attached hydrogen (secondary N) is 1. The van der Waals surface area contributed by atoms with Gasteiger partial charge in [0.1, 0.15) is 0 Å². The zero-order valence-corrected chi connectivity index (χ0v) is 11.1. The van der Waals surface area contributed by atoms with Crippen LogP contribution in [0, 0.1) is 10.4 Å². The van der Waals surface area contributed by atoms with Crippen LogP contribution in [0.3, 0.4) is 0 Å². The van der Waals surface area contributed by atoms with E-state index in [0.717, 1.165) is 5.56 Å². The van der Waals surface area contributed by atoms with Crippen molar-refractivity contribution in [1.29, 1.82) is 0 Å². The highest BCUT2D eigenvalue weighted by atomic mass is 32.2. The first-order valence-corrected chi connectivity index (χ1v) is 6.62. The van der Waals surface area contributed by atoms with Gasteiger partial charge in [-0.2, -0.15) is 0 Å². The third-order valence-corrected chi connectivity index (χ3v) is 3.54. The van der Waals surface area contributed by atoms with Crippen LogP contribution in [0.1, 0.15) is 5.56 Å². The Bertz CT molecular complexity index is 535. The Morgan fingerprint density at radius 1 is 1.16 bits per heavy atom. The summed E-state index contributed by atoms with van der Waals surface area (Å²) in [6, 6.07) is 12.7. The number of hydrogen-bond donors (Lipinski definition) is 1. The number of benzene rings is 1. The molecule has 1 heterocycles. The molecule has 0 fully saturated rings. The molecule has 0 atom stereocenters. The summed E-state index contributed by atoms with van der Waals surface area (Å²) in [5, 5.41) is 21.2. The normalized spacial score (nSPS) is 10.7. The van der Waals surface area contributed by atoms with E-state index in [1.165, 1.54) is 31.0 Å². The van der Waals surface area contributed by atoms with Crippen molar-refractivity contribution >= 4 is 17.4 Å². The number of quaternary nitrogens is 1.